The number of hydrogen-bond donors (Lipinski definition) is 1. The van der Waals surface area contributed by atoms with Gasteiger partial charge in [0.15, 0.2) is 0 Å². The van der Waals surface area contributed by atoms with Crippen molar-refractivity contribution in [3.63, 3.8) is 0 Å². The molecule has 0 aliphatic heterocycles. The van der Waals surface area contributed by atoms with Crippen LogP contribution in [-0.2, 0) is 4.74 Å². The van der Waals surface area contributed by atoms with Crippen LogP contribution >= 0.6 is 0 Å². The van der Waals surface area contributed by atoms with Gasteiger partial charge in [-0.15, -0.1) is 0 Å². The van der Waals surface area contributed by atoms with E-state index in [2.05, 4.69) is 10.3 Å². The van der Waals surface area contributed by atoms with Crippen molar-refractivity contribution in [3.05, 3.63) is 58.8 Å². The Kier molecular flexibility index (Phi) is 7.61. The van der Waals surface area contributed by atoms with Crippen molar-refractivity contribution >= 4 is 5.95 Å². The number of fused-ring (bicyclic) bond motifs is 1. The fourth-order valence-corrected chi connectivity index (χ4v) is 7.23. The van der Waals surface area contributed by atoms with Crippen LogP contribution in [0, 0.1) is 30.6 Å². The van der Waals surface area contributed by atoms with E-state index in [1.165, 1.54) is 64.2 Å². The molecule has 1 aromatic carbocycles. The summed E-state index contributed by atoms with van der Waals surface area (Å²) in [7, 11) is 1.61. The van der Waals surface area contributed by atoms with Gasteiger partial charge in [0.05, 0.1) is 17.1 Å². The predicted molar refractivity (Wildman–Crippen MR) is 155 cm³/mol. The number of aryl methyl sites for hydroxylation is 1. The molecule has 3 aliphatic rings. The highest BCUT2D eigenvalue weighted by Crippen LogP contribution is 2.50. The molecule has 39 heavy (non-hydrogen) atoms. The average molecular weight is 530 g/mol. The van der Waals surface area contributed by atoms with Gasteiger partial charge >= 0.3 is 5.69 Å². The summed E-state index contributed by atoms with van der Waals surface area (Å²) < 4.78 is 8.82. The Balaban J connectivity index is 1.18. The zero-order valence-electron chi connectivity index (χ0n) is 23.7. The zero-order chi connectivity index (χ0) is 26.9. The van der Waals surface area contributed by atoms with E-state index in [0.717, 1.165) is 46.3 Å². The van der Waals surface area contributed by atoms with Crippen LogP contribution in [0.3, 0.4) is 0 Å². The standard InChI is InChI=1S/C32H43N5O2/c1-21-6-4-9-28(18-21)37-30(20-36(32(37)38)22(2)39-3)29-16-17-33-31(35-29)34-27-14-12-24(13-15-27)23-7-5-8-25-19-26(25)11-10-23/h4,6,9,16-18,20,22-27H,5,7-8,10-15,19H2,1-3H3,(H,33,34,35)/t22?,23?,24?,25-,26?,27?/m1/s1. The maximum atomic E-state index is 13.5. The van der Waals surface area contributed by atoms with Gasteiger partial charge in [-0.25, -0.2) is 14.8 Å². The maximum Gasteiger partial charge on any atom is 0.335 e. The topological polar surface area (TPSA) is 74.0 Å². The third kappa shape index (κ3) is 5.69. The van der Waals surface area contributed by atoms with Gasteiger partial charge in [0.1, 0.15) is 6.23 Å². The van der Waals surface area contributed by atoms with Crippen molar-refractivity contribution in [2.45, 2.75) is 90.3 Å². The minimum atomic E-state index is -0.388. The van der Waals surface area contributed by atoms with E-state index >= 15 is 0 Å². The molecule has 2 aromatic heterocycles. The van der Waals surface area contributed by atoms with E-state index in [9.17, 15) is 4.79 Å². The number of methoxy groups -OCH3 is 1. The first kappa shape index (κ1) is 26.3. The van der Waals surface area contributed by atoms with Gasteiger partial charge < -0.3 is 10.1 Å². The van der Waals surface area contributed by atoms with Crippen LogP contribution in [0.4, 0.5) is 5.95 Å². The SMILES string of the molecule is COC(C)n1cc(-c2ccnc(NC3CCC(C4CCC[C@@H]5CC5CC4)CC3)n2)n(-c2cccc(C)c2)c1=O. The second kappa shape index (κ2) is 11.3. The number of nitrogens with zero attached hydrogens (tertiary/aromatic N) is 4. The summed E-state index contributed by atoms with van der Waals surface area (Å²) >= 11 is 0. The fourth-order valence-electron chi connectivity index (χ4n) is 7.23. The average Bonchev–Trinajstić information content (AvgIpc) is 3.57. The van der Waals surface area contributed by atoms with E-state index in [1.54, 1.807) is 22.4 Å². The lowest BCUT2D eigenvalue weighted by atomic mass is 9.73. The molecule has 0 bridgehead atoms. The highest BCUT2D eigenvalue weighted by Gasteiger charge is 2.39. The Morgan fingerprint density at radius 1 is 0.974 bits per heavy atom. The Morgan fingerprint density at radius 3 is 2.49 bits per heavy atom. The Labute approximate surface area is 232 Å². The van der Waals surface area contributed by atoms with Crippen LogP contribution in [0.15, 0.2) is 47.5 Å². The molecule has 0 radical (unpaired) electrons. The third-order valence-corrected chi connectivity index (χ3v) is 9.72. The molecular weight excluding hydrogens is 486 g/mol. The summed E-state index contributed by atoms with van der Waals surface area (Å²) in [6.45, 7) is 3.90. The van der Waals surface area contributed by atoms with Crippen molar-refractivity contribution in [2.75, 3.05) is 12.4 Å². The summed E-state index contributed by atoms with van der Waals surface area (Å²) in [5.41, 5.74) is 3.20. The number of rotatable bonds is 7. The van der Waals surface area contributed by atoms with Crippen LogP contribution in [0.2, 0.25) is 0 Å². The highest BCUT2D eigenvalue weighted by molar-refractivity contribution is 5.59. The lowest BCUT2D eigenvalue weighted by Gasteiger charge is -2.35. The molecule has 7 heteroatoms. The monoisotopic (exact) mass is 529 g/mol. The Bertz CT molecular complexity index is 1340. The largest absolute Gasteiger partial charge is 0.361 e. The summed E-state index contributed by atoms with van der Waals surface area (Å²) in [6.07, 6.45) is 17.0. The molecule has 7 nitrogen and oxygen atoms in total. The molecule has 3 aliphatic carbocycles. The molecule has 3 unspecified atom stereocenters. The minimum absolute atomic E-state index is 0.150. The number of hydrogen-bond acceptors (Lipinski definition) is 5. The first-order valence-corrected chi connectivity index (χ1v) is 15.0. The Hall–Kier alpha value is -2.93. The number of anilines is 1. The van der Waals surface area contributed by atoms with E-state index in [0.29, 0.717) is 12.0 Å². The van der Waals surface area contributed by atoms with Gasteiger partial charge in [0.25, 0.3) is 0 Å². The summed E-state index contributed by atoms with van der Waals surface area (Å²) in [5.74, 6) is 4.60. The lowest BCUT2D eigenvalue weighted by Crippen LogP contribution is -2.30. The molecule has 4 atom stereocenters. The van der Waals surface area contributed by atoms with Gasteiger partial charge in [-0.1, -0.05) is 31.4 Å². The number of imidazole rings is 1. The number of aromatic nitrogens is 4. The molecule has 3 saturated carbocycles. The summed E-state index contributed by atoms with van der Waals surface area (Å²) in [5, 5.41) is 3.63. The van der Waals surface area contributed by atoms with Crippen LogP contribution in [0.1, 0.15) is 82.9 Å². The predicted octanol–water partition coefficient (Wildman–Crippen LogP) is 6.76. The maximum absolute atomic E-state index is 13.5. The van der Waals surface area contributed by atoms with Gasteiger partial charge in [0.2, 0.25) is 5.95 Å². The summed E-state index contributed by atoms with van der Waals surface area (Å²) in [6, 6.07) is 10.3. The molecular formula is C32H43N5O2. The molecule has 3 aromatic rings. The lowest BCUT2D eigenvalue weighted by molar-refractivity contribution is 0.0575. The van der Waals surface area contributed by atoms with Crippen LogP contribution < -0.4 is 11.0 Å². The first-order valence-electron chi connectivity index (χ1n) is 15.0. The summed E-state index contributed by atoms with van der Waals surface area (Å²) in [4.78, 5) is 22.9. The molecule has 208 valence electrons. The normalized spacial score (nSPS) is 27.7. The molecule has 3 fully saturated rings. The van der Waals surface area contributed by atoms with E-state index in [-0.39, 0.29) is 11.9 Å². The molecule has 1 N–H and O–H groups in total. The quantitative estimate of drug-likeness (QED) is 0.366. The second-order valence-electron chi connectivity index (χ2n) is 12.3. The van der Waals surface area contributed by atoms with E-state index in [1.807, 2.05) is 50.4 Å². The van der Waals surface area contributed by atoms with Gasteiger partial charge in [0, 0.05) is 25.5 Å². The van der Waals surface area contributed by atoms with Gasteiger partial charge in [-0.05, 0) is 106 Å². The first-order chi connectivity index (χ1) is 19.0. The van der Waals surface area contributed by atoms with Crippen molar-refractivity contribution in [3.8, 4) is 17.1 Å². The Morgan fingerprint density at radius 2 is 1.69 bits per heavy atom. The smallest absolute Gasteiger partial charge is 0.335 e. The molecule has 0 spiro atoms. The van der Waals surface area contributed by atoms with Crippen molar-refractivity contribution < 1.29 is 4.74 Å². The van der Waals surface area contributed by atoms with E-state index < -0.39 is 0 Å². The number of benzene rings is 1. The molecule has 2 heterocycles. The third-order valence-electron chi connectivity index (χ3n) is 9.72. The second-order valence-corrected chi connectivity index (χ2v) is 12.3. The minimum Gasteiger partial charge on any atom is -0.361 e. The van der Waals surface area contributed by atoms with Crippen molar-refractivity contribution in [1.82, 2.24) is 19.1 Å². The number of ether oxygens (including phenoxy) is 1. The zero-order valence-corrected chi connectivity index (χ0v) is 23.7. The number of nitrogens with one attached hydrogen (secondary N) is 1. The van der Waals surface area contributed by atoms with Crippen molar-refractivity contribution in [1.29, 1.82) is 0 Å². The molecule has 6 rings (SSSR count). The van der Waals surface area contributed by atoms with Gasteiger partial charge in [-0.2, -0.15) is 0 Å². The molecule has 0 amide bonds. The fraction of sp³-hybridized carbons (Fsp3) is 0.594. The van der Waals surface area contributed by atoms with Crippen molar-refractivity contribution in [2.24, 2.45) is 23.7 Å². The van der Waals surface area contributed by atoms with Crippen LogP contribution in [0.5, 0.6) is 0 Å². The van der Waals surface area contributed by atoms with Crippen LogP contribution in [-0.4, -0.2) is 32.3 Å². The van der Waals surface area contributed by atoms with Gasteiger partial charge in [-0.3, -0.25) is 9.13 Å². The highest BCUT2D eigenvalue weighted by atomic mass is 16.5. The van der Waals surface area contributed by atoms with Crippen LogP contribution in [0.25, 0.3) is 17.1 Å². The van der Waals surface area contributed by atoms with E-state index in [4.69, 9.17) is 9.72 Å². The molecule has 0 saturated heterocycles.